The lowest BCUT2D eigenvalue weighted by molar-refractivity contribution is -0.136. The Kier molecular flexibility index (Phi) is 4.17. The largest absolute Gasteiger partial charge is 0.481 e. The van der Waals surface area contributed by atoms with Gasteiger partial charge in [-0.25, -0.2) is 0 Å². The molecule has 0 spiro atoms. The van der Waals surface area contributed by atoms with E-state index in [1.54, 1.807) is 0 Å². The van der Waals surface area contributed by atoms with Gasteiger partial charge in [-0.05, 0) is 42.0 Å². The van der Waals surface area contributed by atoms with Crippen molar-refractivity contribution >= 4 is 18.6 Å². The molecule has 0 saturated carbocycles. The van der Waals surface area contributed by atoms with E-state index in [1.165, 1.54) is 11.1 Å². The topological polar surface area (TPSA) is 66.9 Å². The number of carbonyl (C=O) groups is 1. The van der Waals surface area contributed by atoms with E-state index in [9.17, 15) is 9.36 Å². The summed E-state index contributed by atoms with van der Waals surface area (Å²) < 4.78 is 18.5. The zero-order valence-corrected chi connectivity index (χ0v) is 14.1. The van der Waals surface area contributed by atoms with Gasteiger partial charge in [-0.2, -0.15) is 0 Å². The predicted octanol–water partition coefficient (Wildman–Crippen LogP) is 4.01. The molecule has 3 rings (SSSR count). The van der Waals surface area contributed by atoms with E-state index in [2.05, 4.69) is 13.8 Å². The molecule has 1 heterocycles. The molecule has 22 heavy (non-hydrogen) atoms. The fourth-order valence-electron chi connectivity index (χ4n) is 3.49. The van der Waals surface area contributed by atoms with E-state index in [0.29, 0.717) is 12.3 Å². The molecule has 0 amide bonds. The molecule has 3 atom stereocenters. The van der Waals surface area contributed by atoms with Crippen molar-refractivity contribution in [1.82, 2.24) is 0 Å². The third-order valence-electron chi connectivity index (χ3n) is 4.64. The smallest absolute Gasteiger partial charge is 0.303 e. The Morgan fingerprint density at radius 1 is 1.23 bits per heavy atom. The van der Waals surface area contributed by atoms with Crippen LogP contribution >= 0.6 is 7.37 Å². The number of aryl methyl sites for hydroxylation is 1. The maximum atomic E-state index is 12.9. The lowest BCUT2D eigenvalue weighted by atomic mass is 10.1. The van der Waals surface area contributed by atoms with E-state index >= 15 is 0 Å². The second-order valence-corrected chi connectivity index (χ2v) is 8.71. The number of aliphatic carboxylic acids is 1. The first kappa shape index (κ1) is 15.8. The highest BCUT2D eigenvalue weighted by Gasteiger charge is 2.56. The molecule has 2 aliphatic rings. The van der Waals surface area contributed by atoms with Crippen molar-refractivity contribution in [2.24, 2.45) is 0 Å². The van der Waals surface area contributed by atoms with Crippen molar-refractivity contribution < 1.29 is 19.0 Å². The average molecular weight is 322 g/mol. The van der Waals surface area contributed by atoms with Crippen LogP contribution in [0.1, 0.15) is 68.6 Å². The Morgan fingerprint density at radius 2 is 1.95 bits per heavy atom. The average Bonchev–Trinajstić information content (AvgIpc) is 3.35. The van der Waals surface area contributed by atoms with Crippen LogP contribution < -0.4 is 5.30 Å². The number of rotatable bonds is 8. The molecule has 1 aromatic rings. The molecule has 1 aliphatic heterocycles. The molecule has 1 N–H and O–H groups in total. The summed E-state index contributed by atoms with van der Waals surface area (Å²) >= 11 is 0. The summed E-state index contributed by atoms with van der Waals surface area (Å²) in [5.41, 5.74) is 3.56. The second-order valence-electron chi connectivity index (χ2n) is 6.25. The first-order chi connectivity index (χ1) is 10.5. The van der Waals surface area contributed by atoms with Crippen LogP contribution in [0.2, 0.25) is 0 Å². The van der Waals surface area contributed by atoms with Gasteiger partial charge in [0.05, 0.1) is 0 Å². The molecule has 1 fully saturated rings. The Bertz CT molecular complexity index is 652. The Morgan fingerprint density at radius 3 is 2.59 bits per heavy atom. The van der Waals surface area contributed by atoms with Crippen LogP contribution in [0.15, 0.2) is 12.1 Å². The van der Waals surface area contributed by atoms with Crippen LogP contribution in [0, 0.1) is 0 Å². The van der Waals surface area contributed by atoms with Crippen molar-refractivity contribution in [3.05, 3.63) is 28.8 Å². The number of carboxylic acid groups (broad SMARTS) is 1. The van der Waals surface area contributed by atoms with Gasteiger partial charge in [0.15, 0.2) is 0 Å². The summed E-state index contributed by atoms with van der Waals surface area (Å²) in [6.45, 7) is 4.22. The molecule has 3 unspecified atom stereocenters. The number of benzene rings is 1. The van der Waals surface area contributed by atoms with E-state index in [0.717, 1.165) is 36.6 Å². The summed E-state index contributed by atoms with van der Waals surface area (Å²) in [4.78, 5) is 10.8. The van der Waals surface area contributed by atoms with E-state index in [-0.39, 0.29) is 12.3 Å². The fourth-order valence-corrected chi connectivity index (χ4v) is 6.07. The fraction of sp³-hybridized carbons (Fsp3) is 0.588. The summed E-state index contributed by atoms with van der Waals surface area (Å²) in [5.74, 6) is -0.489. The first-order valence-corrected chi connectivity index (χ1v) is 9.88. The Balaban J connectivity index is 1.86. The van der Waals surface area contributed by atoms with Crippen LogP contribution in [0.3, 0.4) is 0 Å². The van der Waals surface area contributed by atoms with Crippen molar-refractivity contribution in [2.45, 2.75) is 64.1 Å². The number of hydrogen-bond donors (Lipinski definition) is 1. The third-order valence-corrected chi connectivity index (χ3v) is 7.18. The lowest BCUT2D eigenvalue weighted by Crippen LogP contribution is -2.02. The van der Waals surface area contributed by atoms with Gasteiger partial charge >= 0.3 is 5.97 Å². The lowest BCUT2D eigenvalue weighted by Gasteiger charge is -2.00. The maximum absolute atomic E-state index is 12.9. The van der Waals surface area contributed by atoms with E-state index < -0.39 is 13.3 Å². The van der Waals surface area contributed by atoms with E-state index in [1.807, 2.05) is 12.1 Å². The zero-order chi connectivity index (χ0) is 15.9. The SMILES string of the molecule is CCCC1c2c(CCC(=O)O)ccc(P3(=O)OC3CCC)c21. The first-order valence-electron chi connectivity index (χ1n) is 8.19. The molecule has 1 saturated heterocycles. The van der Waals surface area contributed by atoms with Gasteiger partial charge in [0.2, 0.25) is 0 Å². The maximum Gasteiger partial charge on any atom is 0.303 e. The van der Waals surface area contributed by atoms with Gasteiger partial charge in [0.1, 0.15) is 5.85 Å². The van der Waals surface area contributed by atoms with Crippen LogP contribution in [0.25, 0.3) is 0 Å². The molecule has 0 radical (unpaired) electrons. The molecule has 120 valence electrons. The zero-order valence-electron chi connectivity index (χ0n) is 13.2. The Hall–Kier alpha value is -1.12. The van der Waals surface area contributed by atoms with Crippen LogP contribution in [0.5, 0.6) is 0 Å². The minimum absolute atomic E-state index is 0.0886. The minimum Gasteiger partial charge on any atom is -0.481 e. The highest BCUT2D eigenvalue weighted by atomic mass is 31.2. The standard InChI is InChI=1S/C17H23O4P/c1-3-5-12-16-11(8-10-14(18)19)7-9-13(17(12)16)22(20)15(21-22)6-4-2/h7,9,12,15H,3-6,8,10H2,1-2H3,(H,18,19). The van der Waals surface area contributed by atoms with Gasteiger partial charge in [0, 0.05) is 17.6 Å². The van der Waals surface area contributed by atoms with Crippen LogP contribution in [0.4, 0.5) is 0 Å². The van der Waals surface area contributed by atoms with Gasteiger partial charge < -0.3 is 9.63 Å². The molecule has 0 bridgehead atoms. The summed E-state index contributed by atoms with van der Waals surface area (Å²) in [7, 11) is -2.62. The van der Waals surface area contributed by atoms with Gasteiger partial charge in [-0.1, -0.05) is 32.8 Å². The van der Waals surface area contributed by atoms with Gasteiger partial charge in [-0.15, -0.1) is 0 Å². The highest BCUT2D eigenvalue weighted by molar-refractivity contribution is 7.73. The Labute approximate surface area is 131 Å². The second kappa shape index (κ2) is 5.82. The molecule has 1 aliphatic carbocycles. The molecular formula is C17H23O4P. The third kappa shape index (κ3) is 2.63. The van der Waals surface area contributed by atoms with Crippen molar-refractivity contribution in [3.63, 3.8) is 0 Å². The van der Waals surface area contributed by atoms with Gasteiger partial charge in [-0.3, -0.25) is 9.36 Å². The predicted molar refractivity (Wildman–Crippen MR) is 86.2 cm³/mol. The summed E-state index contributed by atoms with van der Waals surface area (Å²) in [6, 6.07) is 3.90. The molecule has 0 aromatic heterocycles. The number of fused-ring (bicyclic) bond motifs is 1. The van der Waals surface area contributed by atoms with Crippen LogP contribution in [-0.4, -0.2) is 16.9 Å². The van der Waals surface area contributed by atoms with Crippen LogP contribution in [-0.2, 0) is 20.3 Å². The van der Waals surface area contributed by atoms with Crippen molar-refractivity contribution in [1.29, 1.82) is 0 Å². The summed E-state index contributed by atoms with van der Waals surface area (Å²) in [5, 5.41) is 9.79. The quantitative estimate of drug-likeness (QED) is 0.580. The van der Waals surface area contributed by atoms with Crippen molar-refractivity contribution in [3.8, 4) is 0 Å². The normalized spacial score (nSPS) is 28.3. The van der Waals surface area contributed by atoms with Gasteiger partial charge in [0.25, 0.3) is 7.37 Å². The molecular weight excluding hydrogens is 299 g/mol. The molecule has 5 heteroatoms. The van der Waals surface area contributed by atoms with E-state index in [4.69, 9.17) is 9.63 Å². The molecule has 4 nitrogen and oxygen atoms in total. The highest BCUT2D eigenvalue weighted by Crippen LogP contribution is 2.72. The monoisotopic (exact) mass is 322 g/mol. The minimum atomic E-state index is -2.62. The number of carboxylic acids is 1. The number of hydrogen-bond acceptors (Lipinski definition) is 3. The molecule has 1 aromatic carbocycles. The summed E-state index contributed by atoms with van der Waals surface area (Å²) in [6.07, 6.45) is 4.65. The van der Waals surface area contributed by atoms with Crippen molar-refractivity contribution in [2.75, 3.05) is 0 Å².